The molecule has 0 saturated carbocycles. The number of halogens is 4. The predicted molar refractivity (Wildman–Crippen MR) is 118 cm³/mol. The molecule has 36 heavy (non-hydrogen) atoms. The van der Waals surface area contributed by atoms with E-state index < -0.39 is 30.3 Å². The Morgan fingerprint density at radius 1 is 1.17 bits per heavy atom. The van der Waals surface area contributed by atoms with Crippen LogP contribution >= 0.6 is 0 Å². The minimum absolute atomic E-state index is 0.0163. The van der Waals surface area contributed by atoms with Crippen LogP contribution in [0.3, 0.4) is 0 Å². The number of hydrogen-bond acceptors (Lipinski definition) is 6. The highest BCUT2D eigenvalue weighted by Gasteiger charge is 2.34. The van der Waals surface area contributed by atoms with Crippen LogP contribution in [0.2, 0.25) is 0 Å². The van der Waals surface area contributed by atoms with Crippen LogP contribution in [0.4, 0.5) is 17.6 Å². The Kier molecular flexibility index (Phi) is 7.08. The molecule has 190 valence electrons. The monoisotopic (exact) mass is 507 g/mol. The number of hydrogen-bond donors (Lipinski definition) is 2. The van der Waals surface area contributed by atoms with Crippen LogP contribution in [-0.2, 0) is 11.2 Å². The van der Waals surface area contributed by atoms with Gasteiger partial charge in [0.2, 0.25) is 11.8 Å². The van der Waals surface area contributed by atoms with E-state index in [1.165, 1.54) is 35.5 Å². The van der Waals surface area contributed by atoms with E-state index in [2.05, 4.69) is 19.9 Å². The Hall–Kier alpha value is -4.16. The van der Waals surface area contributed by atoms with E-state index in [0.29, 0.717) is 16.7 Å². The molecule has 3 aromatic rings. The third-order valence-electron chi connectivity index (χ3n) is 5.56. The lowest BCUT2D eigenvalue weighted by atomic mass is 10.0. The van der Waals surface area contributed by atoms with Crippen molar-refractivity contribution in [3.8, 4) is 22.8 Å². The first kappa shape index (κ1) is 24.9. The summed E-state index contributed by atoms with van der Waals surface area (Å²) in [6, 6.07) is 6.37. The van der Waals surface area contributed by atoms with Crippen LogP contribution in [0.25, 0.3) is 11.1 Å². The summed E-state index contributed by atoms with van der Waals surface area (Å²) in [5.74, 6) is -1.69. The number of nitrogens with one attached hydrogen (secondary N) is 1. The van der Waals surface area contributed by atoms with Crippen molar-refractivity contribution in [3.05, 3.63) is 60.0 Å². The normalized spacial score (nSPS) is 18.1. The topological polar surface area (TPSA) is 123 Å². The lowest BCUT2D eigenvalue weighted by molar-refractivity contribution is -0.274. The van der Waals surface area contributed by atoms with E-state index in [9.17, 15) is 27.2 Å². The van der Waals surface area contributed by atoms with Crippen molar-refractivity contribution in [2.75, 3.05) is 13.1 Å². The number of nitrogens with zero attached hydrogens (tertiary/aromatic N) is 3. The fourth-order valence-electron chi connectivity index (χ4n) is 3.77. The molecule has 1 aliphatic heterocycles. The van der Waals surface area contributed by atoms with Gasteiger partial charge in [0.15, 0.2) is 6.17 Å². The van der Waals surface area contributed by atoms with Crippen molar-refractivity contribution in [2.24, 2.45) is 5.73 Å². The van der Waals surface area contributed by atoms with Crippen LogP contribution < -0.4 is 15.2 Å². The lowest BCUT2D eigenvalue weighted by Crippen LogP contribution is -2.49. The Labute approximate surface area is 202 Å². The number of aromatic nitrogens is 3. The van der Waals surface area contributed by atoms with Crippen molar-refractivity contribution in [1.82, 2.24) is 20.1 Å². The second kappa shape index (κ2) is 10.2. The Bertz CT molecular complexity index is 1220. The van der Waals surface area contributed by atoms with Gasteiger partial charge in [0.1, 0.15) is 17.4 Å². The van der Waals surface area contributed by atoms with Crippen LogP contribution in [0, 0.1) is 0 Å². The zero-order valence-corrected chi connectivity index (χ0v) is 18.7. The highest BCUT2D eigenvalue weighted by Crippen LogP contribution is 2.27. The molecule has 0 radical (unpaired) electrons. The average molecular weight is 507 g/mol. The maximum Gasteiger partial charge on any atom is 0.573 e. The van der Waals surface area contributed by atoms with E-state index >= 15 is 0 Å². The number of nitrogens with two attached hydrogens (primary N) is 1. The molecule has 2 atom stereocenters. The molecular weight excluding hydrogens is 486 g/mol. The minimum atomic E-state index is -4.81. The predicted octanol–water partition coefficient (Wildman–Crippen LogP) is 3.03. The highest BCUT2D eigenvalue weighted by atomic mass is 19.4. The fourth-order valence-corrected chi connectivity index (χ4v) is 3.77. The molecule has 0 bridgehead atoms. The first-order valence-corrected chi connectivity index (χ1v) is 10.8. The number of carbonyl (C=O) groups excluding carboxylic acids is 2. The van der Waals surface area contributed by atoms with E-state index in [-0.39, 0.29) is 43.3 Å². The molecule has 9 nitrogen and oxygen atoms in total. The molecule has 13 heteroatoms. The summed E-state index contributed by atoms with van der Waals surface area (Å²) in [6.45, 7) is -0.0734. The number of likely N-dealkylation sites (tertiary alicyclic amines) is 1. The number of rotatable bonds is 7. The third-order valence-corrected chi connectivity index (χ3v) is 5.56. The molecule has 1 aromatic carbocycles. The van der Waals surface area contributed by atoms with Crippen molar-refractivity contribution in [1.29, 1.82) is 0 Å². The number of primary amides is 1. The van der Waals surface area contributed by atoms with Gasteiger partial charge in [-0.25, -0.2) is 9.37 Å². The number of pyridine rings is 1. The molecule has 1 unspecified atom stereocenters. The van der Waals surface area contributed by atoms with E-state index in [1.807, 2.05) is 0 Å². The second-order valence-corrected chi connectivity index (χ2v) is 8.10. The molecular formula is C23H21F4N5O4. The van der Waals surface area contributed by atoms with Crippen molar-refractivity contribution < 1.29 is 36.6 Å². The molecule has 4 rings (SSSR count). The first-order valence-electron chi connectivity index (χ1n) is 10.8. The van der Waals surface area contributed by atoms with Gasteiger partial charge in [0, 0.05) is 36.5 Å². The van der Waals surface area contributed by atoms with Crippen molar-refractivity contribution >= 4 is 11.8 Å². The lowest BCUT2D eigenvalue weighted by Gasteiger charge is -2.34. The van der Waals surface area contributed by atoms with Gasteiger partial charge < -0.3 is 20.1 Å². The SMILES string of the molecule is NC(=O)c1cc(-c2cn[nH]c2)cnc1OC1CCN(C(=O)Cc2ccc(OC(F)(F)F)cc2)C[C@H]1F. The molecule has 2 aromatic heterocycles. The van der Waals surface area contributed by atoms with Gasteiger partial charge in [-0.15, -0.1) is 13.2 Å². The molecule has 1 saturated heterocycles. The van der Waals surface area contributed by atoms with Gasteiger partial charge in [-0.2, -0.15) is 5.10 Å². The van der Waals surface area contributed by atoms with Gasteiger partial charge in [-0.05, 0) is 23.8 Å². The number of aromatic amines is 1. The van der Waals surface area contributed by atoms with Crippen LogP contribution in [0.15, 0.2) is 48.9 Å². The number of amides is 2. The number of ether oxygens (including phenoxy) is 2. The van der Waals surface area contributed by atoms with Gasteiger partial charge in [0.05, 0.1) is 19.2 Å². The van der Waals surface area contributed by atoms with Crippen molar-refractivity contribution in [3.63, 3.8) is 0 Å². The first-order chi connectivity index (χ1) is 17.1. The molecule has 0 spiro atoms. The summed E-state index contributed by atoms with van der Waals surface area (Å²) in [6.07, 6.45) is -2.73. The second-order valence-electron chi connectivity index (χ2n) is 8.10. The van der Waals surface area contributed by atoms with Gasteiger partial charge >= 0.3 is 6.36 Å². The van der Waals surface area contributed by atoms with Gasteiger partial charge in [-0.3, -0.25) is 14.7 Å². The standard InChI is InChI=1S/C23H21F4N5O4/c24-18-12-32(20(33)7-13-1-3-16(4-2-13)36-23(25,26)27)6-5-19(18)35-22-17(21(28)34)8-14(9-29-22)15-10-30-31-11-15/h1-4,8-11,18-19H,5-7,12H2,(H2,28,34)(H,30,31)/t18-,19?/m1/s1. The Morgan fingerprint density at radius 3 is 2.53 bits per heavy atom. The van der Waals surface area contributed by atoms with Crippen LogP contribution in [0.5, 0.6) is 11.6 Å². The Morgan fingerprint density at radius 2 is 1.92 bits per heavy atom. The summed E-state index contributed by atoms with van der Waals surface area (Å²) in [5, 5.41) is 6.48. The fraction of sp³-hybridized carbons (Fsp3) is 0.304. The van der Waals surface area contributed by atoms with E-state index in [4.69, 9.17) is 10.5 Å². The number of piperidine rings is 1. The average Bonchev–Trinajstić information content (AvgIpc) is 3.36. The van der Waals surface area contributed by atoms with Gasteiger partial charge in [-0.1, -0.05) is 12.1 Å². The number of alkyl halides is 4. The third kappa shape index (κ3) is 6.09. The number of carbonyl (C=O) groups is 2. The highest BCUT2D eigenvalue weighted by molar-refractivity contribution is 5.96. The summed E-state index contributed by atoms with van der Waals surface area (Å²) >= 11 is 0. The molecule has 3 N–H and O–H groups in total. The molecule has 1 aliphatic rings. The zero-order valence-electron chi connectivity index (χ0n) is 18.7. The van der Waals surface area contributed by atoms with Crippen LogP contribution in [-0.4, -0.2) is 63.6 Å². The largest absolute Gasteiger partial charge is 0.573 e. The summed E-state index contributed by atoms with van der Waals surface area (Å²) in [4.78, 5) is 30.0. The number of benzene rings is 1. The quantitative estimate of drug-likeness (QED) is 0.474. The summed E-state index contributed by atoms with van der Waals surface area (Å²) < 4.78 is 61.2. The molecule has 3 heterocycles. The smallest absolute Gasteiger partial charge is 0.471 e. The molecule has 0 aliphatic carbocycles. The molecule has 2 amide bonds. The maximum absolute atomic E-state index is 14.9. The maximum atomic E-state index is 14.9. The summed E-state index contributed by atoms with van der Waals surface area (Å²) in [7, 11) is 0. The Balaban J connectivity index is 1.36. The molecule has 1 fully saturated rings. The van der Waals surface area contributed by atoms with Crippen molar-refractivity contribution in [2.45, 2.75) is 31.5 Å². The van der Waals surface area contributed by atoms with Gasteiger partial charge in [0.25, 0.3) is 5.91 Å². The van der Waals surface area contributed by atoms with Crippen LogP contribution in [0.1, 0.15) is 22.3 Å². The van der Waals surface area contributed by atoms with E-state index in [1.54, 1.807) is 6.20 Å². The minimum Gasteiger partial charge on any atom is -0.471 e. The summed E-state index contributed by atoms with van der Waals surface area (Å²) in [5.41, 5.74) is 7.14. The van der Waals surface area contributed by atoms with E-state index in [0.717, 1.165) is 12.1 Å². The zero-order chi connectivity index (χ0) is 25.9. The number of H-pyrrole nitrogens is 1.